The predicted molar refractivity (Wildman–Crippen MR) is 90.3 cm³/mol. The van der Waals surface area contributed by atoms with Crippen LogP contribution >= 0.6 is 12.4 Å². The van der Waals surface area contributed by atoms with Crippen molar-refractivity contribution in [1.82, 2.24) is 19.7 Å². The number of carbonyl (C=O) groups is 1. The molecule has 1 aliphatic rings. The van der Waals surface area contributed by atoms with Gasteiger partial charge in [0.05, 0.1) is 5.69 Å². The molecule has 3 rings (SSSR count). The summed E-state index contributed by atoms with van der Waals surface area (Å²) < 4.78 is 2.73. The van der Waals surface area contributed by atoms with Crippen molar-refractivity contribution in [1.29, 1.82) is 0 Å². The van der Waals surface area contributed by atoms with E-state index in [-0.39, 0.29) is 29.9 Å². The van der Waals surface area contributed by atoms with Gasteiger partial charge in [-0.05, 0) is 50.2 Å². The summed E-state index contributed by atoms with van der Waals surface area (Å²) in [5.74, 6) is 0.128. The van der Waals surface area contributed by atoms with Gasteiger partial charge in [0, 0.05) is 18.7 Å². The van der Waals surface area contributed by atoms with Gasteiger partial charge in [0.15, 0.2) is 0 Å². The molecular formula is C15H20ClN5O2. The number of halogens is 1. The highest BCUT2D eigenvalue weighted by Crippen LogP contribution is 2.16. The number of benzene rings is 1. The van der Waals surface area contributed by atoms with Crippen LogP contribution < -0.4 is 16.3 Å². The maximum Gasteiger partial charge on any atom is 0.350 e. The van der Waals surface area contributed by atoms with E-state index in [0.29, 0.717) is 5.69 Å². The molecule has 7 nitrogen and oxygen atoms in total. The van der Waals surface area contributed by atoms with Gasteiger partial charge in [-0.25, -0.2) is 4.79 Å². The Morgan fingerprint density at radius 3 is 2.48 bits per heavy atom. The predicted octanol–water partition coefficient (Wildman–Crippen LogP) is 0.931. The van der Waals surface area contributed by atoms with Gasteiger partial charge in [-0.3, -0.25) is 9.36 Å². The Morgan fingerprint density at radius 2 is 1.91 bits per heavy atom. The average molecular weight is 338 g/mol. The molecule has 0 spiro atoms. The summed E-state index contributed by atoms with van der Waals surface area (Å²) >= 11 is 0. The highest BCUT2D eigenvalue weighted by atomic mass is 35.5. The van der Waals surface area contributed by atoms with E-state index < -0.39 is 0 Å². The second kappa shape index (κ2) is 7.43. The third-order valence-corrected chi connectivity index (χ3v) is 3.91. The number of aromatic nitrogens is 3. The Bertz CT molecular complexity index is 716. The molecule has 0 radical (unpaired) electrons. The smallest absolute Gasteiger partial charge is 0.326 e. The molecule has 1 saturated heterocycles. The first-order valence-electron chi connectivity index (χ1n) is 7.38. The van der Waals surface area contributed by atoms with Crippen LogP contribution in [0.2, 0.25) is 0 Å². The van der Waals surface area contributed by atoms with Crippen LogP contribution in [0.4, 0.5) is 5.69 Å². The molecule has 124 valence electrons. The van der Waals surface area contributed by atoms with Crippen LogP contribution in [0.1, 0.15) is 12.8 Å². The van der Waals surface area contributed by atoms with Crippen molar-refractivity contribution < 1.29 is 4.79 Å². The minimum atomic E-state index is -0.202. The fraction of sp³-hybridized carbons (Fsp3) is 0.400. The summed E-state index contributed by atoms with van der Waals surface area (Å²) in [5.41, 5.74) is 1.20. The maximum absolute atomic E-state index is 12.2. The zero-order valence-electron chi connectivity index (χ0n) is 12.9. The van der Waals surface area contributed by atoms with Crippen molar-refractivity contribution in [3.8, 4) is 5.69 Å². The van der Waals surface area contributed by atoms with E-state index in [1.165, 1.54) is 15.6 Å². The van der Waals surface area contributed by atoms with Gasteiger partial charge in [-0.15, -0.1) is 12.4 Å². The van der Waals surface area contributed by atoms with Crippen LogP contribution in [0.15, 0.2) is 35.4 Å². The lowest BCUT2D eigenvalue weighted by atomic mass is 9.97. The molecule has 2 aromatic rings. The molecule has 1 aromatic heterocycles. The van der Waals surface area contributed by atoms with Crippen LogP contribution in [0, 0.1) is 5.92 Å². The first kappa shape index (κ1) is 17.2. The topological polar surface area (TPSA) is 81.0 Å². The standard InChI is InChI=1S/C15H19N5O2.ClH/c1-19-10-17-20(15(19)22)13-4-2-12(3-5-13)18-14(21)11-6-8-16-9-7-11;/h2-5,10-11,16H,6-9H2,1H3,(H,18,21);1H. The number of piperidine rings is 1. The number of hydrogen-bond acceptors (Lipinski definition) is 4. The van der Waals surface area contributed by atoms with E-state index in [1.54, 1.807) is 31.3 Å². The molecule has 0 unspecified atom stereocenters. The van der Waals surface area contributed by atoms with E-state index in [9.17, 15) is 9.59 Å². The zero-order valence-corrected chi connectivity index (χ0v) is 13.7. The van der Waals surface area contributed by atoms with Crippen molar-refractivity contribution in [2.45, 2.75) is 12.8 Å². The molecule has 1 amide bonds. The fourth-order valence-corrected chi connectivity index (χ4v) is 2.57. The van der Waals surface area contributed by atoms with E-state index in [1.807, 2.05) is 0 Å². The Labute approximate surface area is 140 Å². The Hall–Kier alpha value is -2.12. The number of nitrogens with one attached hydrogen (secondary N) is 2. The summed E-state index contributed by atoms with van der Waals surface area (Å²) in [5, 5.41) is 10.2. The van der Waals surface area contributed by atoms with Crippen molar-refractivity contribution in [2.75, 3.05) is 18.4 Å². The lowest BCUT2D eigenvalue weighted by Gasteiger charge is -2.21. The van der Waals surface area contributed by atoms with Crippen molar-refractivity contribution in [3.63, 3.8) is 0 Å². The molecule has 23 heavy (non-hydrogen) atoms. The molecule has 0 aliphatic carbocycles. The van der Waals surface area contributed by atoms with E-state index in [0.717, 1.165) is 31.6 Å². The first-order valence-corrected chi connectivity index (χ1v) is 7.38. The largest absolute Gasteiger partial charge is 0.350 e. The number of rotatable bonds is 3. The average Bonchev–Trinajstić information content (AvgIpc) is 2.89. The number of nitrogens with zero attached hydrogens (tertiary/aromatic N) is 3. The Balaban J connectivity index is 0.00000192. The van der Waals surface area contributed by atoms with Gasteiger partial charge in [-0.1, -0.05) is 0 Å². The molecule has 2 N–H and O–H groups in total. The van der Waals surface area contributed by atoms with Crippen LogP contribution in [-0.2, 0) is 11.8 Å². The van der Waals surface area contributed by atoms with Gasteiger partial charge in [0.25, 0.3) is 0 Å². The number of hydrogen-bond donors (Lipinski definition) is 2. The minimum absolute atomic E-state index is 0. The number of anilines is 1. The maximum atomic E-state index is 12.2. The molecular weight excluding hydrogens is 318 g/mol. The minimum Gasteiger partial charge on any atom is -0.326 e. The summed E-state index contributed by atoms with van der Waals surface area (Å²) in [6.45, 7) is 1.78. The highest BCUT2D eigenvalue weighted by Gasteiger charge is 2.20. The van der Waals surface area contributed by atoms with Crippen LogP contribution in [0.3, 0.4) is 0 Å². The number of carbonyl (C=O) groups excluding carboxylic acids is 1. The summed E-state index contributed by atoms with van der Waals surface area (Å²) in [6.07, 6.45) is 3.20. The molecule has 0 saturated carbocycles. The quantitative estimate of drug-likeness (QED) is 0.873. The lowest BCUT2D eigenvalue weighted by molar-refractivity contribution is -0.120. The summed E-state index contributed by atoms with van der Waals surface area (Å²) in [7, 11) is 1.65. The molecule has 2 heterocycles. The molecule has 0 bridgehead atoms. The van der Waals surface area contributed by atoms with Crippen molar-refractivity contribution >= 4 is 24.0 Å². The Morgan fingerprint density at radius 1 is 1.26 bits per heavy atom. The second-order valence-corrected chi connectivity index (χ2v) is 5.50. The number of aryl methyl sites for hydroxylation is 1. The first-order chi connectivity index (χ1) is 10.6. The molecule has 1 aliphatic heterocycles. The summed E-state index contributed by atoms with van der Waals surface area (Å²) in [6, 6.07) is 7.11. The van der Waals surface area contributed by atoms with E-state index >= 15 is 0 Å². The fourth-order valence-electron chi connectivity index (χ4n) is 2.57. The molecule has 0 atom stereocenters. The van der Waals surface area contributed by atoms with Gasteiger partial charge in [-0.2, -0.15) is 9.78 Å². The number of amides is 1. The van der Waals surface area contributed by atoms with Gasteiger partial charge < -0.3 is 10.6 Å². The zero-order chi connectivity index (χ0) is 15.5. The van der Waals surface area contributed by atoms with Crippen LogP contribution in [0.25, 0.3) is 5.69 Å². The molecule has 1 aromatic carbocycles. The van der Waals surface area contributed by atoms with Gasteiger partial charge in [0.1, 0.15) is 6.33 Å². The third kappa shape index (κ3) is 3.80. The monoisotopic (exact) mass is 337 g/mol. The van der Waals surface area contributed by atoms with Crippen LogP contribution in [-0.4, -0.2) is 33.3 Å². The van der Waals surface area contributed by atoms with Crippen molar-refractivity contribution in [3.05, 3.63) is 41.1 Å². The normalized spacial score (nSPS) is 15.0. The van der Waals surface area contributed by atoms with Crippen LogP contribution in [0.5, 0.6) is 0 Å². The van der Waals surface area contributed by atoms with E-state index in [2.05, 4.69) is 15.7 Å². The molecule has 1 fully saturated rings. The lowest BCUT2D eigenvalue weighted by Crippen LogP contribution is -2.34. The highest BCUT2D eigenvalue weighted by molar-refractivity contribution is 5.92. The van der Waals surface area contributed by atoms with E-state index in [4.69, 9.17) is 0 Å². The van der Waals surface area contributed by atoms with Crippen molar-refractivity contribution in [2.24, 2.45) is 13.0 Å². The Kier molecular flexibility index (Phi) is 5.57. The van der Waals surface area contributed by atoms with Gasteiger partial charge >= 0.3 is 5.69 Å². The summed E-state index contributed by atoms with van der Waals surface area (Å²) in [4.78, 5) is 24.0. The molecule has 8 heteroatoms. The second-order valence-electron chi connectivity index (χ2n) is 5.50. The third-order valence-electron chi connectivity index (χ3n) is 3.91. The SMILES string of the molecule is Cl.Cn1cnn(-c2ccc(NC(=O)C3CCNCC3)cc2)c1=O. The van der Waals surface area contributed by atoms with Gasteiger partial charge in [0.2, 0.25) is 5.91 Å².